The van der Waals surface area contributed by atoms with E-state index >= 15 is 0 Å². The molecular weight excluding hydrogens is 312 g/mol. The van der Waals surface area contributed by atoms with Gasteiger partial charge in [0.15, 0.2) is 0 Å². The first-order valence-electron chi connectivity index (χ1n) is 8.37. The van der Waals surface area contributed by atoms with E-state index in [2.05, 4.69) is 37.4 Å². The van der Waals surface area contributed by atoms with Crippen molar-refractivity contribution in [3.63, 3.8) is 0 Å². The molecule has 1 unspecified atom stereocenters. The number of rotatable bonds is 3. The first kappa shape index (κ1) is 18.1. The number of halogens is 1. The smallest absolute Gasteiger partial charge is 0.227 e. The number of amides is 1. The molecule has 5 heteroatoms. The van der Waals surface area contributed by atoms with E-state index < -0.39 is 0 Å². The molecular formula is C18H27ClN2O2. The Kier molecular flexibility index (Phi) is 6.31. The molecule has 2 fully saturated rings. The molecule has 2 aliphatic rings. The van der Waals surface area contributed by atoms with Crippen LogP contribution in [0.2, 0.25) is 0 Å². The molecule has 2 aliphatic heterocycles. The van der Waals surface area contributed by atoms with Crippen LogP contribution in [0.3, 0.4) is 0 Å². The van der Waals surface area contributed by atoms with Gasteiger partial charge in [-0.2, -0.15) is 0 Å². The molecule has 1 aromatic rings. The largest absolute Gasteiger partial charge is 0.490 e. The summed E-state index contributed by atoms with van der Waals surface area (Å²) in [5.74, 6) is 1.51. The molecule has 0 bridgehead atoms. The van der Waals surface area contributed by atoms with Crippen molar-refractivity contribution in [2.75, 3.05) is 26.2 Å². The summed E-state index contributed by atoms with van der Waals surface area (Å²) in [5, 5.41) is 3.27. The number of hydrogen-bond donors (Lipinski definition) is 1. The third kappa shape index (κ3) is 4.39. The number of ether oxygens (including phenoxy) is 1. The first-order valence-corrected chi connectivity index (χ1v) is 8.37. The average molecular weight is 339 g/mol. The maximum Gasteiger partial charge on any atom is 0.227 e. The summed E-state index contributed by atoms with van der Waals surface area (Å²) in [6.07, 6.45) is 3.07. The number of likely N-dealkylation sites (tertiary alicyclic amines) is 1. The summed E-state index contributed by atoms with van der Waals surface area (Å²) in [6, 6.07) is 6.33. The van der Waals surface area contributed by atoms with Gasteiger partial charge in [0.05, 0.1) is 5.92 Å². The van der Waals surface area contributed by atoms with Gasteiger partial charge in [0.1, 0.15) is 11.9 Å². The van der Waals surface area contributed by atoms with Crippen LogP contribution >= 0.6 is 12.4 Å². The summed E-state index contributed by atoms with van der Waals surface area (Å²) in [7, 11) is 0. The van der Waals surface area contributed by atoms with Crippen LogP contribution in [-0.2, 0) is 4.79 Å². The van der Waals surface area contributed by atoms with Crippen LogP contribution in [0.25, 0.3) is 0 Å². The number of carbonyl (C=O) groups is 1. The minimum absolute atomic E-state index is 0. The van der Waals surface area contributed by atoms with Crippen LogP contribution in [-0.4, -0.2) is 43.1 Å². The van der Waals surface area contributed by atoms with Crippen molar-refractivity contribution < 1.29 is 9.53 Å². The molecule has 0 radical (unpaired) electrons. The van der Waals surface area contributed by atoms with Crippen molar-refractivity contribution in [3.05, 3.63) is 29.3 Å². The number of hydrogen-bond acceptors (Lipinski definition) is 3. The van der Waals surface area contributed by atoms with Crippen molar-refractivity contribution >= 4 is 18.3 Å². The second kappa shape index (κ2) is 8.02. The van der Waals surface area contributed by atoms with Crippen LogP contribution in [0.1, 0.15) is 30.4 Å². The Bertz CT molecular complexity index is 536. The normalized spacial score (nSPS) is 21.8. The maximum absolute atomic E-state index is 12.4. The molecule has 3 rings (SSSR count). The lowest BCUT2D eigenvalue weighted by atomic mass is 10.0. The van der Waals surface area contributed by atoms with Gasteiger partial charge in [0.25, 0.3) is 0 Å². The highest BCUT2D eigenvalue weighted by Gasteiger charge is 2.30. The predicted octanol–water partition coefficient (Wildman–Crippen LogP) is 2.70. The number of benzene rings is 1. The second-order valence-electron chi connectivity index (χ2n) is 6.60. The molecule has 2 saturated heterocycles. The molecule has 0 saturated carbocycles. The minimum atomic E-state index is 0. The minimum Gasteiger partial charge on any atom is -0.490 e. The monoisotopic (exact) mass is 338 g/mol. The van der Waals surface area contributed by atoms with Crippen molar-refractivity contribution in [1.82, 2.24) is 10.2 Å². The zero-order valence-corrected chi connectivity index (χ0v) is 14.8. The highest BCUT2D eigenvalue weighted by atomic mass is 35.5. The molecule has 4 nitrogen and oxygen atoms in total. The highest BCUT2D eigenvalue weighted by molar-refractivity contribution is 5.85. The van der Waals surface area contributed by atoms with Gasteiger partial charge in [-0.15, -0.1) is 12.4 Å². The lowest BCUT2D eigenvalue weighted by molar-refractivity contribution is -0.136. The summed E-state index contributed by atoms with van der Waals surface area (Å²) < 4.78 is 6.17. The Hall–Kier alpha value is -1.26. The zero-order valence-electron chi connectivity index (χ0n) is 14.0. The topological polar surface area (TPSA) is 41.6 Å². The quantitative estimate of drug-likeness (QED) is 0.921. The van der Waals surface area contributed by atoms with E-state index in [1.807, 2.05) is 4.90 Å². The fourth-order valence-corrected chi connectivity index (χ4v) is 3.33. The molecule has 128 valence electrons. The Morgan fingerprint density at radius 3 is 2.61 bits per heavy atom. The Morgan fingerprint density at radius 1 is 1.22 bits per heavy atom. The van der Waals surface area contributed by atoms with Gasteiger partial charge in [-0.3, -0.25) is 4.79 Å². The Morgan fingerprint density at radius 2 is 1.96 bits per heavy atom. The van der Waals surface area contributed by atoms with Crippen LogP contribution in [0.5, 0.6) is 5.75 Å². The first-order chi connectivity index (χ1) is 10.6. The number of aryl methyl sites for hydroxylation is 2. The fraction of sp³-hybridized carbons (Fsp3) is 0.611. The maximum atomic E-state index is 12.4. The number of nitrogens with one attached hydrogen (secondary N) is 1. The second-order valence-corrected chi connectivity index (χ2v) is 6.60. The molecule has 1 N–H and O–H groups in total. The van der Waals surface area contributed by atoms with E-state index in [4.69, 9.17) is 4.74 Å². The standard InChI is InChI=1S/C18H26N2O2.ClH/c1-13-3-4-14(2)17(11-13)22-16-6-9-20(10-7-16)18(21)15-5-8-19-12-15;/h3-4,11,15-16,19H,5-10,12H2,1-2H3;1H. The van der Waals surface area contributed by atoms with Gasteiger partial charge < -0.3 is 15.0 Å². The molecule has 0 aliphatic carbocycles. The fourth-order valence-electron chi connectivity index (χ4n) is 3.33. The van der Waals surface area contributed by atoms with Crippen molar-refractivity contribution in [3.8, 4) is 5.75 Å². The SMILES string of the molecule is Cc1ccc(C)c(OC2CCN(C(=O)C3CCNC3)CC2)c1.Cl. The lowest BCUT2D eigenvalue weighted by Crippen LogP contribution is -2.44. The lowest BCUT2D eigenvalue weighted by Gasteiger charge is -2.33. The van der Waals surface area contributed by atoms with E-state index in [-0.39, 0.29) is 24.4 Å². The molecule has 2 heterocycles. The Labute approximate surface area is 145 Å². The number of nitrogens with zero attached hydrogens (tertiary/aromatic N) is 1. The van der Waals surface area contributed by atoms with E-state index in [1.165, 1.54) is 11.1 Å². The van der Waals surface area contributed by atoms with Gasteiger partial charge in [0.2, 0.25) is 5.91 Å². The predicted molar refractivity (Wildman–Crippen MR) is 94.4 cm³/mol. The van der Waals surface area contributed by atoms with Crippen LogP contribution in [0.15, 0.2) is 18.2 Å². The van der Waals surface area contributed by atoms with Crippen LogP contribution in [0.4, 0.5) is 0 Å². The summed E-state index contributed by atoms with van der Waals surface area (Å²) >= 11 is 0. The van der Waals surface area contributed by atoms with Gasteiger partial charge in [-0.1, -0.05) is 12.1 Å². The van der Waals surface area contributed by atoms with E-state index in [9.17, 15) is 4.79 Å². The summed E-state index contributed by atoms with van der Waals surface area (Å²) in [6.45, 7) is 7.64. The van der Waals surface area contributed by atoms with Gasteiger partial charge in [0, 0.05) is 32.5 Å². The van der Waals surface area contributed by atoms with E-state index in [1.54, 1.807) is 0 Å². The van der Waals surface area contributed by atoms with Crippen molar-refractivity contribution in [2.45, 2.75) is 39.2 Å². The van der Waals surface area contributed by atoms with Gasteiger partial charge in [-0.05, 0) is 44.0 Å². The van der Waals surface area contributed by atoms with Crippen molar-refractivity contribution in [1.29, 1.82) is 0 Å². The third-order valence-electron chi connectivity index (χ3n) is 4.80. The molecule has 1 amide bonds. The zero-order chi connectivity index (χ0) is 15.5. The molecule has 23 heavy (non-hydrogen) atoms. The van der Waals surface area contributed by atoms with E-state index in [0.717, 1.165) is 51.2 Å². The van der Waals surface area contributed by atoms with Crippen molar-refractivity contribution in [2.24, 2.45) is 5.92 Å². The molecule has 1 aromatic carbocycles. The Balaban J connectivity index is 0.00000192. The molecule has 0 aromatic heterocycles. The average Bonchev–Trinajstić information content (AvgIpc) is 3.05. The summed E-state index contributed by atoms with van der Waals surface area (Å²) in [4.78, 5) is 14.4. The third-order valence-corrected chi connectivity index (χ3v) is 4.80. The number of carbonyl (C=O) groups excluding carboxylic acids is 1. The van der Waals surface area contributed by atoms with Crippen LogP contribution < -0.4 is 10.1 Å². The molecule has 0 spiro atoms. The van der Waals surface area contributed by atoms with Gasteiger partial charge in [-0.25, -0.2) is 0 Å². The van der Waals surface area contributed by atoms with Gasteiger partial charge >= 0.3 is 0 Å². The number of piperidine rings is 1. The van der Waals surface area contributed by atoms with E-state index in [0.29, 0.717) is 5.91 Å². The summed E-state index contributed by atoms with van der Waals surface area (Å²) in [5.41, 5.74) is 2.41. The molecule has 1 atom stereocenters. The highest BCUT2D eigenvalue weighted by Crippen LogP contribution is 2.24. The van der Waals surface area contributed by atoms with Crippen LogP contribution in [0, 0.1) is 19.8 Å².